The van der Waals surface area contributed by atoms with Crippen LogP contribution in [0, 0.1) is 0 Å². The molecule has 0 atom stereocenters. The van der Waals surface area contributed by atoms with Crippen molar-refractivity contribution in [3.05, 3.63) is 49.1 Å². The molecule has 0 aliphatic carbocycles. The predicted octanol–water partition coefficient (Wildman–Crippen LogP) is 1.15. The summed E-state index contributed by atoms with van der Waals surface area (Å²) in [6.45, 7) is 1.30. The zero-order valence-electron chi connectivity index (χ0n) is 11.7. The topological polar surface area (TPSA) is 98.7 Å². The highest BCUT2D eigenvalue weighted by Crippen LogP contribution is 2.13. The number of amides is 1. The van der Waals surface area contributed by atoms with Gasteiger partial charge in [0.15, 0.2) is 0 Å². The second-order valence-electron chi connectivity index (χ2n) is 4.57. The van der Waals surface area contributed by atoms with Crippen molar-refractivity contribution in [2.24, 2.45) is 0 Å². The number of aryl methyl sites for hydroxylation is 1. The van der Waals surface area contributed by atoms with Crippen LogP contribution in [0.4, 0.5) is 0 Å². The van der Waals surface area contributed by atoms with E-state index in [4.69, 9.17) is 4.52 Å². The largest absolute Gasteiger partial charge is 0.348 e. The normalized spacial score (nSPS) is 10.5. The Labute approximate surface area is 126 Å². The Bertz CT molecular complexity index is 723. The lowest BCUT2D eigenvalue weighted by Gasteiger charge is -2.02. The molecular weight excluding hydrogens is 284 g/mol. The Balaban J connectivity index is 1.51. The van der Waals surface area contributed by atoms with Crippen LogP contribution in [0.15, 0.2) is 47.8 Å². The molecule has 1 N–H and O–H groups in total. The second kappa shape index (κ2) is 6.61. The molecule has 1 amide bonds. The molecule has 0 radical (unpaired) electrons. The van der Waals surface area contributed by atoms with E-state index in [0.29, 0.717) is 17.9 Å². The first-order valence-electron chi connectivity index (χ1n) is 6.81. The van der Waals surface area contributed by atoms with E-state index in [0.717, 1.165) is 13.0 Å². The maximum absolute atomic E-state index is 11.9. The molecule has 3 rings (SSSR count). The average molecular weight is 298 g/mol. The van der Waals surface area contributed by atoms with Crippen LogP contribution in [0.2, 0.25) is 0 Å². The fourth-order valence-corrected chi connectivity index (χ4v) is 1.89. The molecular formula is C14H14N6O2. The zero-order chi connectivity index (χ0) is 15.2. The second-order valence-corrected chi connectivity index (χ2v) is 4.57. The van der Waals surface area contributed by atoms with Gasteiger partial charge in [0.05, 0.1) is 6.33 Å². The maximum Gasteiger partial charge on any atom is 0.316 e. The lowest BCUT2D eigenvalue weighted by atomic mass is 10.3. The summed E-state index contributed by atoms with van der Waals surface area (Å²) >= 11 is 0. The van der Waals surface area contributed by atoms with Crippen LogP contribution >= 0.6 is 0 Å². The fraction of sp³-hybridized carbons (Fsp3) is 0.214. The van der Waals surface area contributed by atoms with Gasteiger partial charge in [0, 0.05) is 43.4 Å². The van der Waals surface area contributed by atoms with E-state index in [2.05, 4.69) is 25.4 Å². The summed E-state index contributed by atoms with van der Waals surface area (Å²) in [7, 11) is 0. The molecule has 112 valence electrons. The van der Waals surface area contributed by atoms with Crippen LogP contribution in [-0.4, -0.2) is 37.1 Å². The summed E-state index contributed by atoms with van der Waals surface area (Å²) in [5.41, 5.74) is 0.699. The molecule has 0 fully saturated rings. The number of imidazole rings is 1. The summed E-state index contributed by atoms with van der Waals surface area (Å²) in [5, 5.41) is 6.52. The molecule has 0 aliphatic heterocycles. The summed E-state index contributed by atoms with van der Waals surface area (Å²) in [6.07, 6.45) is 9.37. The van der Waals surface area contributed by atoms with Crippen molar-refractivity contribution >= 4 is 5.91 Å². The third kappa shape index (κ3) is 3.35. The van der Waals surface area contributed by atoms with E-state index in [1.807, 2.05) is 10.8 Å². The van der Waals surface area contributed by atoms with Crippen molar-refractivity contribution in [2.75, 3.05) is 6.54 Å². The van der Waals surface area contributed by atoms with Crippen molar-refractivity contribution in [3.63, 3.8) is 0 Å². The maximum atomic E-state index is 11.9. The van der Waals surface area contributed by atoms with Gasteiger partial charge in [0.1, 0.15) is 0 Å². The number of carbonyl (C=O) groups is 1. The van der Waals surface area contributed by atoms with E-state index in [1.165, 1.54) is 0 Å². The van der Waals surface area contributed by atoms with Crippen LogP contribution in [0.3, 0.4) is 0 Å². The van der Waals surface area contributed by atoms with Crippen molar-refractivity contribution in [2.45, 2.75) is 13.0 Å². The molecule has 8 heteroatoms. The Morgan fingerprint density at radius 2 is 2.27 bits per heavy atom. The monoisotopic (exact) mass is 298 g/mol. The minimum absolute atomic E-state index is 0.0542. The average Bonchev–Trinajstić information content (AvgIpc) is 3.24. The molecule has 0 bridgehead atoms. The van der Waals surface area contributed by atoms with E-state index < -0.39 is 0 Å². The lowest BCUT2D eigenvalue weighted by molar-refractivity contribution is 0.0909. The third-order valence-electron chi connectivity index (χ3n) is 2.98. The quantitative estimate of drug-likeness (QED) is 0.685. The SMILES string of the molecule is O=C(NCCCn1ccnc1)c1nc(-c2cccnc2)no1. The first kappa shape index (κ1) is 13.9. The molecule has 0 saturated heterocycles. The van der Waals surface area contributed by atoms with Crippen LogP contribution in [-0.2, 0) is 6.54 Å². The van der Waals surface area contributed by atoms with Crippen LogP contribution in [0.1, 0.15) is 17.1 Å². The summed E-state index contributed by atoms with van der Waals surface area (Å²) < 4.78 is 6.91. The summed E-state index contributed by atoms with van der Waals surface area (Å²) in [5.74, 6) is -0.0913. The molecule has 3 heterocycles. The standard InChI is InChI=1S/C14H14N6O2/c21-13(17-5-2-7-20-8-6-16-10-20)14-18-12(19-22-14)11-3-1-4-15-9-11/h1,3-4,6,8-10H,2,5,7H2,(H,17,21). The molecule has 0 spiro atoms. The molecule has 3 aromatic heterocycles. The van der Waals surface area contributed by atoms with Crippen molar-refractivity contribution in [1.29, 1.82) is 0 Å². The van der Waals surface area contributed by atoms with Gasteiger partial charge in [-0.1, -0.05) is 5.16 Å². The van der Waals surface area contributed by atoms with Crippen LogP contribution in [0.5, 0.6) is 0 Å². The highest BCUT2D eigenvalue weighted by Gasteiger charge is 2.15. The molecule has 0 aliphatic rings. The first-order chi connectivity index (χ1) is 10.8. The van der Waals surface area contributed by atoms with Crippen molar-refractivity contribution in [3.8, 4) is 11.4 Å². The lowest BCUT2D eigenvalue weighted by Crippen LogP contribution is -2.25. The molecule has 22 heavy (non-hydrogen) atoms. The fourth-order valence-electron chi connectivity index (χ4n) is 1.89. The van der Waals surface area contributed by atoms with Gasteiger partial charge in [0.25, 0.3) is 0 Å². The molecule has 3 aromatic rings. The smallest absolute Gasteiger partial charge is 0.316 e. The zero-order valence-corrected chi connectivity index (χ0v) is 11.7. The molecule has 0 aromatic carbocycles. The summed E-state index contributed by atoms with van der Waals surface area (Å²) in [4.78, 5) is 23.9. The van der Waals surface area contributed by atoms with E-state index >= 15 is 0 Å². The van der Waals surface area contributed by atoms with Gasteiger partial charge in [-0.25, -0.2) is 4.98 Å². The van der Waals surface area contributed by atoms with Gasteiger partial charge in [-0.05, 0) is 18.6 Å². The predicted molar refractivity (Wildman–Crippen MR) is 76.7 cm³/mol. The number of carbonyl (C=O) groups excluding carboxylic acids is 1. The summed E-state index contributed by atoms with van der Waals surface area (Å²) in [6, 6.07) is 3.56. The minimum atomic E-state index is -0.381. The van der Waals surface area contributed by atoms with Gasteiger partial charge in [-0.3, -0.25) is 9.78 Å². The Morgan fingerprint density at radius 3 is 3.05 bits per heavy atom. The van der Waals surface area contributed by atoms with Crippen molar-refractivity contribution < 1.29 is 9.32 Å². The Hall–Kier alpha value is -3.03. The number of hydrogen-bond acceptors (Lipinski definition) is 6. The number of nitrogens with one attached hydrogen (secondary N) is 1. The molecule has 0 saturated carbocycles. The van der Waals surface area contributed by atoms with Gasteiger partial charge in [-0.2, -0.15) is 4.98 Å². The van der Waals surface area contributed by atoms with Gasteiger partial charge in [0.2, 0.25) is 5.82 Å². The van der Waals surface area contributed by atoms with Gasteiger partial charge < -0.3 is 14.4 Å². The van der Waals surface area contributed by atoms with E-state index in [1.54, 1.807) is 37.1 Å². The minimum Gasteiger partial charge on any atom is -0.348 e. The van der Waals surface area contributed by atoms with Crippen LogP contribution < -0.4 is 5.32 Å². The van der Waals surface area contributed by atoms with Crippen LogP contribution in [0.25, 0.3) is 11.4 Å². The number of pyridine rings is 1. The van der Waals surface area contributed by atoms with E-state index in [9.17, 15) is 4.79 Å². The molecule has 8 nitrogen and oxygen atoms in total. The van der Waals surface area contributed by atoms with Gasteiger partial charge in [-0.15, -0.1) is 0 Å². The highest BCUT2D eigenvalue weighted by atomic mass is 16.5. The van der Waals surface area contributed by atoms with Gasteiger partial charge >= 0.3 is 11.8 Å². The van der Waals surface area contributed by atoms with Crippen molar-refractivity contribution in [1.82, 2.24) is 30.0 Å². The number of nitrogens with zero attached hydrogens (tertiary/aromatic N) is 5. The Morgan fingerprint density at radius 1 is 1.32 bits per heavy atom. The number of hydrogen-bond donors (Lipinski definition) is 1. The molecule has 0 unspecified atom stereocenters. The number of rotatable bonds is 6. The first-order valence-corrected chi connectivity index (χ1v) is 6.81. The highest BCUT2D eigenvalue weighted by molar-refractivity contribution is 5.89. The third-order valence-corrected chi connectivity index (χ3v) is 2.98. The van der Waals surface area contributed by atoms with E-state index in [-0.39, 0.29) is 11.8 Å². The number of aromatic nitrogens is 5. The Kier molecular flexibility index (Phi) is 4.19.